The monoisotopic (exact) mass is 241 g/mol. The maximum Gasteiger partial charge on any atom is 0.411 e. The molecule has 1 unspecified atom stereocenters. The highest BCUT2D eigenvalue weighted by Gasteiger charge is 2.27. The lowest BCUT2D eigenvalue weighted by Gasteiger charge is -2.13. The SMILES string of the molecule is CC(C)CCCC(N)CCOCC(F)(F)F. The van der Waals surface area contributed by atoms with Crippen molar-refractivity contribution in [2.24, 2.45) is 11.7 Å². The second kappa shape index (κ2) is 7.90. The molecule has 0 aliphatic rings. The summed E-state index contributed by atoms with van der Waals surface area (Å²) in [6.45, 7) is 3.18. The highest BCUT2D eigenvalue weighted by atomic mass is 19.4. The molecule has 0 aliphatic carbocycles. The maximum absolute atomic E-state index is 11.7. The Hall–Kier alpha value is -0.290. The topological polar surface area (TPSA) is 35.2 Å². The Balaban J connectivity index is 3.34. The molecule has 0 aromatic heterocycles. The van der Waals surface area contributed by atoms with Crippen LogP contribution in [-0.4, -0.2) is 25.4 Å². The molecule has 0 saturated carbocycles. The van der Waals surface area contributed by atoms with E-state index in [1.807, 2.05) is 0 Å². The van der Waals surface area contributed by atoms with Crippen molar-refractivity contribution in [1.29, 1.82) is 0 Å². The van der Waals surface area contributed by atoms with E-state index < -0.39 is 12.8 Å². The van der Waals surface area contributed by atoms with Gasteiger partial charge >= 0.3 is 6.18 Å². The van der Waals surface area contributed by atoms with E-state index in [1.54, 1.807) is 0 Å². The number of hydrogen-bond acceptors (Lipinski definition) is 2. The van der Waals surface area contributed by atoms with Crippen LogP contribution in [0.2, 0.25) is 0 Å². The molecule has 0 aromatic carbocycles. The molecule has 2 N–H and O–H groups in total. The van der Waals surface area contributed by atoms with Gasteiger partial charge in [-0.25, -0.2) is 0 Å². The number of nitrogens with two attached hydrogens (primary N) is 1. The van der Waals surface area contributed by atoms with E-state index in [-0.39, 0.29) is 12.6 Å². The summed E-state index contributed by atoms with van der Waals surface area (Å²) in [5.41, 5.74) is 5.75. The number of alkyl halides is 3. The largest absolute Gasteiger partial charge is 0.411 e. The number of rotatable bonds is 8. The van der Waals surface area contributed by atoms with Gasteiger partial charge in [-0.05, 0) is 18.8 Å². The van der Waals surface area contributed by atoms with Crippen molar-refractivity contribution >= 4 is 0 Å². The van der Waals surface area contributed by atoms with Gasteiger partial charge in [0.1, 0.15) is 6.61 Å². The van der Waals surface area contributed by atoms with Gasteiger partial charge in [0.25, 0.3) is 0 Å². The van der Waals surface area contributed by atoms with Crippen LogP contribution in [0.1, 0.15) is 39.5 Å². The zero-order chi connectivity index (χ0) is 12.6. The molecular weight excluding hydrogens is 219 g/mol. The fraction of sp³-hybridized carbons (Fsp3) is 1.00. The molecule has 0 amide bonds. The fourth-order valence-corrected chi connectivity index (χ4v) is 1.36. The van der Waals surface area contributed by atoms with Gasteiger partial charge < -0.3 is 10.5 Å². The molecule has 0 aliphatic heterocycles. The second-order valence-electron chi connectivity index (χ2n) is 4.54. The summed E-state index contributed by atoms with van der Waals surface area (Å²) in [5, 5.41) is 0. The third-order valence-corrected chi connectivity index (χ3v) is 2.26. The Labute approximate surface area is 95.3 Å². The van der Waals surface area contributed by atoms with Crippen LogP contribution in [0.3, 0.4) is 0 Å². The van der Waals surface area contributed by atoms with Gasteiger partial charge in [0.2, 0.25) is 0 Å². The third kappa shape index (κ3) is 11.8. The minimum Gasteiger partial charge on any atom is -0.372 e. The lowest BCUT2D eigenvalue weighted by Crippen LogP contribution is -2.24. The van der Waals surface area contributed by atoms with Crippen molar-refractivity contribution in [3.63, 3.8) is 0 Å². The molecular formula is C11H22F3NO. The third-order valence-electron chi connectivity index (χ3n) is 2.26. The Morgan fingerprint density at radius 3 is 2.25 bits per heavy atom. The zero-order valence-corrected chi connectivity index (χ0v) is 10.0. The quantitative estimate of drug-likeness (QED) is 0.663. The Kier molecular flexibility index (Phi) is 7.76. The second-order valence-corrected chi connectivity index (χ2v) is 4.54. The molecule has 0 saturated heterocycles. The molecule has 98 valence electrons. The Bertz CT molecular complexity index is 171. The highest BCUT2D eigenvalue weighted by molar-refractivity contribution is 4.62. The summed E-state index contributed by atoms with van der Waals surface area (Å²) in [7, 11) is 0. The van der Waals surface area contributed by atoms with Crippen LogP contribution >= 0.6 is 0 Å². The molecule has 0 bridgehead atoms. The normalized spacial score (nSPS) is 14.4. The molecule has 1 atom stereocenters. The zero-order valence-electron chi connectivity index (χ0n) is 10.0. The van der Waals surface area contributed by atoms with Crippen molar-refractivity contribution in [3.8, 4) is 0 Å². The van der Waals surface area contributed by atoms with Crippen LogP contribution in [-0.2, 0) is 4.74 Å². The smallest absolute Gasteiger partial charge is 0.372 e. The molecule has 0 aromatic rings. The first-order chi connectivity index (χ1) is 7.31. The summed E-state index contributed by atoms with van der Waals surface area (Å²) in [6, 6.07) is -0.0491. The van der Waals surface area contributed by atoms with E-state index >= 15 is 0 Å². The van der Waals surface area contributed by atoms with Crippen LogP contribution in [0.25, 0.3) is 0 Å². The Morgan fingerprint density at radius 2 is 1.75 bits per heavy atom. The van der Waals surface area contributed by atoms with Gasteiger partial charge in [-0.2, -0.15) is 13.2 Å². The van der Waals surface area contributed by atoms with Crippen LogP contribution in [0.15, 0.2) is 0 Å². The van der Waals surface area contributed by atoms with Crippen molar-refractivity contribution in [1.82, 2.24) is 0 Å². The van der Waals surface area contributed by atoms with E-state index in [2.05, 4.69) is 18.6 Å². The lowest BCUT2D eigenvalue weighted by molar-refractivity contribution is -0.174. The molecule has 2 nitrogen and oxygen atoms in total. The summed E-state index contributed by atoms with van der Waals surface area (Å²) in [5.74, 6) is 0.647. The van der Waals surface area contributed by atoms with Crippen molar-refractivity contribution in [3.05, 3.63) is 0 Å². The van der Waals surface area contributed by atoms with Crippen LogP contribution in [0.4, 0.5) is 13.2 Å². The van der Waals surface area contributed by atoms with E-state index in [0.717, 1.165) is 19.3 Å². The maximum atomic E-state index is 11.7. The molecule has 0 rings (SSSR count). The van der Waals surface area contributed by atoms with Gasteiger partial charge in [0, 0.05) is 12.6 Å². The van der Waals surface area contributed by atoms with E-state index in [1.165, 1.54) is 0 Å². The summed E-state index contributed by atoms with van der Waals surface area (Å²) < 4.78 is 39.6. The number of hydrogen-bond donors (Lipinski definition) is 1. The number of halogens is 3. The highest BCUT2D eigenvalue weighted by Crippen LogP contribution is 2.15. The molecule has 5 heteroatoms. The van der Waals surface area contributed by atoms with E-state index in [4.69, 9.17) is 5.73 Å². The fourth-order valence-electron chi connectivity index (χ4n) is 1.36. The molecule has 0 radical (unpaired) electrons. The average molecular weight is 241 g/mol. The van der Waals surface area contributed by atoms with Gasteiger partial charge in [-0.1, -0.05) is 26.7 Å². The molecule has 16 heavy (non-hydrogen) atoms. The van der Waals surface area contributed by atoms with Gasteiger partial charge in [0.05, 0.1) is 0 Å². The van der Waals surface area contributed by atoms with Crippen molar-refractivity contribution in [2.75, 3.05) is 13.2 Å². The standard InChI is InChI=1S/C11H22F3NO/c1-9(2)4-3-5-10(15)6-7-16-8-11(12,13)14/h9-10H,3-8,15H2,1-2H3. The summed E-state index contributed by atoms with van der Waals surface area (Å²) >= 11 is 0. The van der Waals surface area contributed by atoms with E-state index in [0.29, 0.717) is 12.3 Å². The Morgan fingerprint density at radius 1 is 1.12 bits per heavy atom. The predicted molar refractivity (Wildman–Crippen MR) is 58.2 cm³/mol. The minimum absolute atomic E-state index is 0.0491. The first-order valence-electron chi connectivity index (χ1n) is 5.71. The lowest BCUT2D eigenvalue weighted by atomic mass is 10.0. The van der Waals surface area contributed by atoms with Gasteiger partial charge in [-0.3, -0.25) is 0 Å². The number of ether oxygens (including phenoxy) is 1. The average Bonchev–Trinajstić information content (AvgIpc) is 2.10. The van der Waals surface area contributed by atoms with Crippen molar-refractivity contribution < 1.29 is 17.9 Å². The van der Waals surface area contributed by atoms with Gasteiger partial charge in [-0.15, -0.1) is 0 Å². The van der Waals surface area contributed by atoms with Crippen LogP contribution < -0.4 is 5.73 Å². The van der Waals surface area contributed by atoms with Crippen molar-refractivity contribution in [2.45, 2.75) is 51.7 Å². The molecule has 0 fully saturated rings. The van der Waals surface area contributed by atoms with E-state index in [9.17, 15) is 13.2 Å². The molecule has 0 heterocycles. The predicted octanol–water partition coefficient (Wildman–Crippen LogP) is 3.11. The van der Waals surface area contributed by atoms with Crippen LogP contribution in [0.5, 0.6) is 0 Å². The minimum atomic E-state index is -4.23. The summed E-state index contributed by atoms with van der Waals surface area (Å²) in [6.07, 6.45) is -0.751. The molecule has 0 spiro atoms. The van der Waals surface area contributed by atoms with Gasteiger partial charge in [0.15, 0.2) is 0 Å². The first-order valence-corrected chi connectivity index (χ1v) is 5.71. The summed E-state index contributed by atoms with van der Waals surface area (Å²) in [4.78, 5) is 0. The first kappa shape index (κ1) is 15.7. The van der Waals surface area contributed by atoms with Crippen LogP contribution in [0, 0.1) is 5.92 Å².